The van der Waals surface area contributed by atoms with Gasteiger partial charge in [0.15, 0.2) is 0 Å². The molecule has 1 N–H and O–H groups in total. The summed E-state index contributed by atoms with van der Waals surface area (Å²) >= 11 is 0. The van der Waals surface area contributed by atoms with Crippen LogP contribution in [0.3, 0.4) is 0 Å². The van der Waals surface area contributed by atoms with Gasteiger partial charge in [0, 0.05) is 24.5 Å². The van der Waals surface area contributed by atoms with Crippen molar-refractivity contribution in [2.75, 3.05) is 6.61 Å². The molecule has 1 fully saturated rings. The molecule has 1 aliphatic heterocycles. The lowest BCUT2D eigenvalue weighted by Gasteiger charge is -2.25. The Morgan fingerprint density at radius 2 is 1.69 bits per heavy atom. The van der Waals surface area contributed by atoms with Gasteiger partial charge in [-0.05, 0) is 66.1 Å². The minimum Gasteiger partial charge on any atom is -0.507 e. The Kier molecular flexibility index (Phi) is 7.55. The zero-order chi connectivity index (χ0) is 24.8. The Bertz CT molecular complexity index is 1210. The van der Waals surface area contributed by atoms with Crippen molar-refractivity contribution in [1.29, 1.82) is 0 Å². The van der Waals surface area contributed by atoms with Crippen molar-refractivity contribution in [1.82, 2.24) is 9.88 Å². The zero-order valence-corrected chi connectivity index (χ0v) is 19.5. The second-order valence-electron chi connectivity index (χ2n) is 8.41. The quantitative estimate of drug-likeness (QED) is 0.194. The number of aliphatic hydroxyl groups excluding tert-OH is 1. The van der Waals surface area contributed by atoms with Gasteiger partial charge in [-0.15, -0.1) is 0 Å². The van der Waals surface area contributed by atoms with Crippen LogP contribution in [0.1, 0.15) is 48.9 Å². The molecule has 1 saturated heterocycles. The van der Waals surface area contributed by atoms with Gasteiger partial charge in [-0.2, -0.15) is 0 Å². The van der Waals surface area contributed by atoms with Crippen molar-refractivity contribution in [2.45, 2.75) is 38.8 Å². The molecule has 1 amide bonds. The normalized spacial score (nSPS) is 17.1. The third-order valence-electron chi connectivity index (χ3n) is 5.97. The van der Waals surface area contributed by atoms with Gasteiger partial charge >= 0.3 is 0 Å². The average Bonchev–Trinajstić information content (AvgIpc) is 3.12. The highest BCUT2D eigenvalue weighted by Gasteiger charge is 2.46. The average molecular weight is 475 g/mol. The van der Waals surface area contributed by atoms with Crippen molar-refractivity contribution in [3.8, 4) is 5.75 Å². The molecule has 1 aromatic heterocycles. The molecule has 0 saturated carbocycles. The number of amides is 1. The van der Waals surface area contributed by atoms with Gasteiger partial charge in [-0.3, -0.25) is 14.6 Å². The number of likely N-dealkylation sites (tertiary alicyclic amines) is 1. The van der Waals surface area contributed by atoms with Crippen LogP contribution in [0.15, 0.2) is 78.6 Å². The van der Waals surface area contributed by atoms with Crippen LogP contribution in [0, 0.1) is 5.82 Å². The van der Waals surface area contributed by atoms with Gasteiger partial charge in [0.05, 0.1) is 18.2 Å². The molecule has 0 bridgehead atoms. The Balaban J connectivity index is 1.72. The number of ether oxygens (including phenoxy) is 1. The first-order chi connectivity index (χ1) is 17.0. The van der Waals surface area contributed by atoms with E-state index in [1.165, 1.54) is 29.2 Å². The molecule has 0 spiro atoms. The highest BCUT2D eigenvalue weighted by molar-refractivity contribution is 6.46. The molecular formula is C28H27FN2O4. The van der Waals surface area contributed by atoms with Crippen LogP contribution in [0.25, 0.3) is 5.76 Å². The number of carbonyl (C=O) groups is 2. The van der Waals surface area contributed by atoms with E-state index in [1.54, 1.807) is 48.8 Å². The number of halogens is 1. The summed E-state index contributed by atoms with van der Waals surface area (Å²) in [4.78, 5) is 31.7. The lowest BCUT2D eigenvalue weighted by atomic mass is 9.95. The number of aromatic nitrogens is 1. The summed E-state index contributed by atoms with van der Waals surface area (Å²) in [5.74, 6) is -1.62. The van der Waals surface area contributed by atoms with E-state index >= 15 is 0 Å². The Morgan fingerprint density at radius 1 is 1.00 bits per heavy atom. The van der Waals surface area contributed by atoms with E-state index in [0.717, 1.165) is 24.8 Å². The Labute approximate surface area is 203 Å². The zero-order valence-electron chi connectivity index (χ0n) is 19.5. The molecule has 1 aliphatic rings. The standard InChI is InChI=1S/C28H27FN2O4/c1-2-3-4-17-35-23-11-7-20(8-12-23)25-24(26(32)21-5-9-22(29)10-6-21)27(33)28(34)31(25)18-19-13-15-30-16-14-19/h5-16,25,32H,2-4,17-18H2,1H3/t25-/m0/s1. The van der Waals surface area contributed by atoms with Gasteiger partial charge in [0.2, 0.25) is 0 Å². The highest BCUT2D eigenvalue weighted by Crippen LogP contribution is 2.40. The van der Waals surface area contributed by atoms with Gasteiger partial charge in [-0.1, -0.05) is 31.9 Å². The number of carbonyl (C=O) groups excluding carboxylic acids is 2. The smallest absolute Gasteiger partial charge is 0.295 e. The van der Waals surface area contributed by atoms with Crippen LogP contribution in [0.2, 0.25) is 0 Å². The third kappa shape index (κ3) is 5.40. The van der Waals surface area contributed by atoms with Crippen molar-refractivity contribution in [2.24, 2.45) is 0 Å². The van der Waals surface area contributed by atoms with E-state index in [9.17, 15) is 19.1 Å². The minimum absolute atomic E-state index is 0.0349. The SMILES string of the molecule is CCCCCOc1ccc([C@H]2C(=C(O)c3ccc(F)cc3)C(=O)C(=O)N2Cc2ccncc2)cc1. The number of Topliss-reactive ketones (excluding diaryl/α,β-unsaturated/α-hetero) is 1. The first-order valence-corrected chi connectivity index (χ1v) is 11.7. The molecule has 6 nitrogen and oxygen atoms in total. The van der Waals surface area contributed by atoms with E-state index in [-0.39, 0.29) is 23.4 Å². The molecule has 2 heterocycles. The number of aliphatic hydroxyl groups is 1. The van der Waals surface area contributed by atoms with E-state index in [1.807, 2.05) is 0 Å². The second-order valence-corrected chi connectivity index (χ2v) is 8.41. The van der Waals surface area contributed by atoms with Crippen LogP contribution in [0.5, 0.6) is 5.75 Å². The fourth-order valence-electron chi connectivity index (χ4n) is 4.13. The maximum absolute atomic E-state index is 13.4. The summed E-state index contributed by atoms with van der Waals surface area (Å²) in [6.45, 7) is 2.90. The number of pyridine rings is 1. The maximum atomic E-state index is 13.4. The Morgan fingerprint density at radius 3 is 2.34 bits per heavy atom. The van der Waals surface area contributed by atoms with E-state index < -0.39 is 23.5 Å². The third-order valence-corrected chi connectivity index (χ3v) is 5.97. The topological polar surface area (TPSA) is 79.7 Å². The minimum atomic E-state index is -0.817. The maximum Gasteiger partial charge on any atom is 0.295 e. The van der Waals surface area contributed by atoms with E-state index in [4.69, 9.17) is 4.74 Å². The lowest BCUT2D eigenvalue weighted by Crippen LogP contribution is -2.29. The lowest BCUT2D eigenvalue weighted by molar-refractivity contribution is -0.140. The van der Waals surface area contributed by atoms with Crippen molar-refractivity contribution < 1.29 is 23.8 Å². The summed E-state index contributed by atoms with van der Waals surface area (Å²) in [5.41, 5.74) is 1.67. The molecule has 180 valence electrons. The predicted octanol–water partition coefficient (Wildman–Crippen LogP) is 5.41. The number of benzene rings is 2. The van der Waals surface area contributed by atoms with Crippen molar-refractivity contribution in [3.05, 3.63) is 101 Å². The van der Waals surface area contributed by atoms with Gasteiger partial charge in [0.25, 0.3) is 11.7 Å². The predicted molar refractivity (Wildman–Crippen MR) is 130 cm³/mol. The molecule has 1 atom stereocenters. The number of hydrogen-bond acceptors (Lipinski definition) is 5. The summed E-state index contributed by atoms with van der Waals surface area (Å²) in [7, 11) is 0. The fourth-order valence-corrected chi connectivity index (χ4v) is 4.13. The van der Waals surface area contributed by atoms with Crippen molar-refractivity contribution >= 4 is 17.4 Å². The number of rotatable bonds is 9. The molecule has 3 aromatic rings. The molecule has 2 aromatic carbocycles. The molecule has 7 heteroatoms. The highest BCUT2D eigenvalue weighted by atomic mass is 19.1. The van der Waals surface area contributed by atoms with Gasteiger partial charge in [-0.25, -0.2) is 4.39 Å². The summed E-state index contributed by atoms with van der Waals surface area (Å²) in [5, 5.41) is 11.1. The van der Waals surface area contributed by atoms with Crippen LogP contribution in [-0.4, -0.2) is 33.3 Å². The molecule has 0 aliphatic carbocycles. The number of unbranched alkanes of at least 4 members (excludes halogenated alkanes) is 2. The number of nitrogens with zero attached hydrogens (tertiary/aromatic N) is 2. The van der Waals surface area contributed by atoms with Crippen LogP contribution < -0.4 is 4.74 Å². The van der Waals surface area contributed by atoms with Gasteiger partial charge < -0.3 is 14.7 Å². The fraction of sp³-hybridized carbons (Fsp3) is 0.250. The number of ketones is 1. The largest absolute Gasteiger partial charge is 0.507 e. The summed E-state index contributed by atoms with van der Waals surface area (Å²) in [6.07, 6.45) is 6.38. The number of hydrogen-bond donors (Lipinski definition) is 1. The summed E-state index contributed by atoms with van der Waals surface area (Å²) < 4.78 is 19.2. The molecule has 0 unspecified atom stereocenters. The first kappa shape index (κ1) is 24.1. The second kappa shape index (κ2) is 11.0. The van der Waals surface area contributed by atoms with E-state index in [2.05, 4.69) is 11.9 Å². The van der Waals surface area contributed by atoms with Gasteiger partial charge in [0.1, 0.15) is 17.3 Å². The molecule has 4 rings (SSSR count). The molecular weight excluding hydrogens is 447 g/mol. The Hall–Kier alpha value is -4.00. The van der Waals surface area contributed by atoms with Crippen LogP contribution in [0.4, 0.5) is 4.39 Å². The summed E-state index contributed by atoms with van der Waals surface area (Å²) in [6, 6.07) is 15.1. The van der Waals surface area contributed by atoms with Crippen LogP contribution >= 0.6 is 0 Å². The molecule has 35 heavy (non-hydrogen) atoms. The first-order valence-electron chi connectivity index (χ1n) is 11.7. The monoisotopic (exact) mass is 474 g/mol. The van der Waals surface area contributed by atoms with Crippen LogP contribution in [-0.2, 0) is 16.1 Å². The van der Waals surface area contributed by atoms with Crippen molar-refractivity contribution in [3.63, 3.8) is 0 Å². The van der Waals surface area contributed by atoms with E-state index in [0.29, 0.717) is 17.9 Å². The molecule has 0 radical (unpaired) electrons.